The fraction of sp³-hybridized carbons (Fsp3) is 0.600. The fourth-order valence-electron chi connectivity index (χ4n) is 2.63. The summed E-state index contributed by atoms with van der Waals surface area (Å²) in [5, 5.41) is 7.28. The van der Waals surface area contributed by atoms with Gasteiger partial charge in [-0.2, -0.15) is 5.10 Å². The molecule has 1 aliphatic heterocycles. The predicted molar refractivity (Wildman–Crippen MR) is 91.7 cm³/mol. The van der Waals surface area contributed by atoms with E-state index in [4.69, 9.17) is 4.74 Å². The lowest BCUT2D eigenvalue weighted by molar-refractivity contribution is 0.0662. The Labute approximate surface area is 146 Å². The molecule has 1 aliphatic rings. The molecule has 9 heteroatoms. The summed E-state index contributed by atoms with van der Waals surface area (Å²) in [6, 6.07) is 0.213. The molecule has 132 valence electrons. The first kappa shape index (κ1) is 17.5. The third-order valence-corrected chi connectivity index (χ3v) is 6.49. The summed E-state index contributed by atoms with van der Waals surface area (Å²) in [7, 11) is -3.54. The van der Waals surface area contributed by atoms with Crippen molar-refractivity contribution < 1.29 is 13.2 Å². The lowest BCUT2D eigenvalue weighted by Crippen LogP contribution is -2.26. The number of nitrogens with one attached hydrogen (secondary N) is 1. The van der Waals surface area contributed by atoms with Crippen LogP contribution in [0.2, 0.25) is 0 Å². The van der Waals surface area contributed by atoms with Crippen molar-refractivity contribution in [3.8, 4) is 0 Å². The standard InChI is InChI=1S/C15H22N4O3S2/c1-2-15-18-12(11-23-15)3-6-17-24(20,21)14-9-16-19(10-14)13-4-7-22-8-5-13/h9-11,13,17H,2-8H2,1H3. The maximum Gasteiger partial charge on any atom is 0.243 e. The van der Waals surface area contributed by atoms with Crippen LogP contribution in [0.3, 0.4) is 0 Å². The highest BCUT2D eigenvalue weighted by atomic mass is 32.2. The third-order valence-electron chi connectivity index (χ3n) is 4.03. The average Bonchev–Trinajstić information content (AvgIpc) is 3.25. The number of ether oxygens (including phenoxy) is 1. The van der Waals surface area contributed by atoms with Gasteiger partial charge in [0.25, 0.3) is 0 Å². The highest BCUT2D eigenvalue weighted by Crippen LogP contribution is 2.21. The van der Waals surface area contributed by atoms with Crippen LogP contribution in [0.5, 0.6) is 0 Å². The molecule has 0 radical (unpaired) electrons. The lowest BCUT2D eigenvalue weighted by Gasteiger charge is -2.22. The molecule has 0 aromatic carbocycles. The summed E-state index contributed by atoms with van der Waals surface area (Å²) in [6.45, 7) is 3.77. The van der Waals surface area contributed by atoms with Crippen LogP contribution < -0.4 is 4.72 Å². The number of hydrogen-bond donors (Lipinski definition) is 1. The number of nitrogens with zero attached hydrogens (tertiary/aromatic N) is 3. The molecule has 2 aromatic rings. The quantitative estimate of drug-likeness (QED) is 0.803. The van der Waals surface area contributed by atoms with E-state index in [9.17, 15) is 8.42 Å². The molecule has 0 atom stereocenters. The van der Waals surface area contributed by atoms with Crippen LogP contribution >= 0.6 is 11.3 Å². The minimum atomic E-state index is -3.54. The highest BCUT2D eigenvalue weighted by molar-refractivity contribution is 7.89. The fourth-order valence-corrected chi connectivity index (χ4v) is 4.38. The van der Waals surface area contributed by atoms with Gasteiger partial charge in [-0.15, -0.1) is 11.3 Å². The first-order valence-electron chi connectivity index (χ1n) is 8.13. The van der Waals surface area contributed by atoms with E-state index in [1.165, 1.54) is 6.20 Å². The molecule has 0 amide bonds. The van der Waals surface area contributed by atoms with Gasteiger partial charge in [-0.25, -0.2) is 18.1 Å². The minimum absolute atomic E-state index is 0.210. The summed E-state index contributed by atoms with van der Waals surface area (Å²) in [6.07, 6.45) is 6.23. The van der Waals surface area contributed by atoms with Crippen LogP contribution in [0.1, 0.15) is 36.5 Å². The van der Waals surface area contributed by atoms with Crippen molar-refractivity contribution in [2.75, 3.05) is 19.8 Å². The molecule has 0 bridgehead atoms. The Morgan fingerprint density at radius 1 is 1.42 bits per heavy atom. The number of rotatable bonds is 7. The van der Waals surface area contributed by atoms with Crippen molar-refractivity contribution >= 4 is 21.4 Å². The van der Waals surface area contributed by atoms with Gasteiger partial charge in [0.15, 0.2) is 0 Å². The molecule has 24 heavy (non-hydrogen) atoms. The van der Waals surface area contributed by atoms with E-state index in [1.54, 1.807) is 22.2 Å². The Morgan fingerprint density at radius 3 is 2.92 bits per heavy atom. The molecule has 7 nitrogen and oxygen atoms in total. The summed E-state index contributed by atoms with van der Waals surface area (Å²) in [5.41, 5.74) is 0.928. The van der Waals surface area contributed by atoms with Gasteiger partial charge in [0.1, 0.15) is 4.90 Å². The molecular formula is C15H22N4O3S2. The van der Waals surface area contributed by atoms with E-state index in [0.717, 1.165) is 30.0 Å². The van der Waals surface area contributed by atoms with Gasteiger partial charge in [-0.05, 0) is 19.3 Å². The van der Waals surface area contributed by atoms with Gasteiger partial charge in [-0.3, -0.25) is 4.68 Å². The summed E-state index contributed by atoms with van der Waals surface area (Å²) < 4.78 is 34.4. The number of aromatic nitrogens is 3. The summed E-state index contributed by atoms with van der Waals surface area (Å²) in [4.78, 5) is 4.65. The second-order valence-corrected chi connectivity index (χ2v) is 8.44. The van der Waals surface area contributed by atoms with Crippen LogP contribution in [-0.2, 0) is 27.6 Å². The molecular weight excluding hydrogens is 348 g/mol. The van der Waals surface area contributed by atoms with Gasteiger partial charge in [-0.1, -0.05) is 6.92 Å². The molecule has 0 unspecified atom stereocenters. The molecule has 1 fully saturated rings. The summed E-state index contributed by atoms with van der Waals surface area (Å²) >= 11 is 1.61. The van der Waals surface area contributed by atoms with Crippen LogP contribution in [0, 0.1) is 0 Å². The Morgan fingerprint density at radius 2 is 2.21 bits per heavy atom. The molecule has 3 heterocycles. The molecule has 2 aromatic heterocycles. The molecule has 0 saturated carbocycles. The normalized spacial score (nSPS) is 16.5. The SMILES string of the molecule is CCc1nc(CCNS(=O)(=O)c2cnn(C3CCOCC3)c2)cs1. The largest absolute Gasteiger partial charge is 0.381 e. The molecule has 1 N–H and O–H groups in total. The van der Waals surface area contributed by atoms with E-state index in [0.29, 0.717) is 26.2 Å². The first-order valence-corrected chi connectivity index (χ1v) is 10.5. The van der Waals surface area contributed by atoms with Crippen molar-refractivity contribution in [3.05, 3.63) is 28.5 Å². The van der Waals surface area contributed by atoms with E-state index >= 15 is 0 Å². The Kier molecular flexibility index (Phi) is 5.65. The van der Waals surface area contributed by atoms with Crippen molar-refractivity contribution in [1.29, 1.82) is 0 Å². The number of sulfonamides is 1. The molecule has 0 spiro atoms. The van der Waals surface area contributed by atoms with Gasteiger partial charge in [0.2, 0.25) is 10.0 Å². The van der Waals surface area contributed by atoms with E-state index in [1.807, 2.05) is 5.38 Å². The number of hydrogen-bond acceptors (Lipinski definition) is 6. The smallest absolute Gasteiger partial charge is 0.243 e. The second kappa shape index (κ2) is 7.73. The molecule has 1 saturated heterocycles. The minimum Gasteiger partial charge on any atom is -0.381 e. The van der Waals surface area contributed by atoms with Crippen LogP contribution in [0.4, 0.5) is 0 Å². The Bertz CT molecular complexity index is 763. The number of thiazole rings is 1. The van der Waals surface area contributed by atoms with Gasteiger partial charge >= 0.3 is 0 Å². The van der Waals surface area contributed by atoms with Gasteiger partial charge < -0.3 is 4.74 Å². The van der Waals surface area contributed by atoms with Crippen molar-refractivity contribution in [1.82, 2.24) is 19.5 Å². The monoisotopic (exact) mass is 370 g/mol. The Hall–Kier alpha value is -1.29. The van der Waals surface area contributed by atoms with E-state index in [2.05, 4.69) is 21.7 Å². The molecule has 3 rings (SSSR count). The zero-order valence-corrected chi connectivity index (χ0v) is 15.3. The van der Waals surface area contributed by atoms with Crippen molar-refractivity contribution in [2.24, 2.45) is 0 Å². The van der Waals surface area contributed by atoms with E-state index in [-0.39, 0.29) is 10.9 Å². The van der Waals surface area contributed by atoms with Crippen molar-refractivity contribution in [2.45, 2.75) is 43.5 Å². The Balaban J connectivity index is 1.57. The second-order valence-electron chi connectivity index (χ2n) is 5.73. The summed E-state index contributed by atoms with van der Waals surface area (Å²) in [5.74, 6) is 0. The van der Waals surface area contributed by atoms with E-state index < -0.39 is 10.0 Å². The van der Waals surface area contributed by atoms with Gasteiger partial charge in [0, 0.05) is 37.8 Å². The maximum absolute atomic E-state index is 12.4. The van der Waals surface area contributed by atoms with Crippen LogP contribution in [-0.4, -0.2) is 42.9 Å². The zero-order valence-electron chi connectivity index (χ0n) is 13.6. The molecule has 0 aliphatic carbocycles. The lowest BCUT2D eigenvalue weighted by atomic mass is 10.1. The van der Waals surface area contributed by atoms with Crippen molar-refractivity contribution in [3.63, 3.8) is 0 Å². The zero-order chi connectivity index (χ0) is 17.0. The topological polar surface area (TPSA) is 86.1 Å². The average molecular weight is 371 g/mol. The third kappa shape index (κ3) is 4.21. The van der Waals surface area contributed by atoms with Crippen LogP contribution in [0.25, 0.3) is 0 Å². The predicted octanol–water partition coefficient (Wildman–Crippen LogP) is 1.77. The van der Waals surface area contributed by atoms with Crippen LogP contribution in [0.15, 0.2) is 22.7 Å². The number of aryl methyl sites for hydroxylation is 1. The highest BCUT2D eigenvalue weighted by Gasteiger charge is 2.21. The first-order chi connectivity index (χ1) is 11.6. The van der Waals surface area contributed by atoms with Gasteiger partial charge in [0.05, 0.1) is 22.9 Å². The maximum atomic E-state index is 12.4.